The molecule has 0 bridgehead atoms. The van der Waals surface area contributed by atoms with Crippen molar-refractivity contribution in [2.45, 2.75) is 39.3 Å². The molecule has 0 nitrogen and oxygen atoms in total. The Morgan fingerprint density at radius 1 is 0.867 bits per heavy atom. The SMILES string of the molecule is CCCB(CCC)C1=C/C=C\C=C/C=C\1. The van der Waals surface area contributed by atoms with E-state index in [1.807, 2.05) is 0 Å². The molecule has 1 aliphatic carbocycles. The van der Waals surface area contributed by atoms with Crippen molar-refractivity contribution in [3.8, 4) is 0 Å². The predicted octanol–water partition coefficient (Wildman–Crippen LogP) is 4.45. The molecule has 0 fully saturated rings. The molecule has 0 N–H and O–H groups in total. The normalized spacial score (nSPS) is 24.5. The molecule has 0 amide bonds. The number of rotatable bonds is 5. The highest BCUT2D eigenvalue weighted by Crippen LogP contribution is 2.17. The smallest absolute Gasteiger partial charge is 0.0801 e. The van der Waals surface area contributed by atoms with Gasteiger partial charge in [-0.2, -0.15) is 0 Å². The quantitative estimate of drug-likeness (QED) is 0.575. The molecule has 0 saturated heterocycles. The Labute approximate surface area is 94.5 Å². The first-order chi connectivity index (χ1) is 7.38. The first-order valence-electron chi connectivity index (χ1n) is 6.10. The van der Waals surface area contributed by atoms with Crippen LogP contribution in [0.25, 0.3) is 0 Å². The summed E-state index contributed by atoms with van der Waals surface area (Å²) in [6.45, 7) is 5.28. The molecular formula is C14H21B. The Hall–Kier alpha value is -0.975. The van der Waals surface area contributed by atoms with E-state index in [1.165, 1.54) is 31.0 Å². The lowest BCUT2D eigenvalue weighted by Gasteiger charge is -2.13. The lowest BCUT2D eigenvalue weighted by molar-refractivity contribution is 1.01. The Kier molecular flexibility index (Phi) is 5.91. The zero-order chi connectivity index (χ0) is 10.9. The molecule has 0 saturated carbocycles. The molecule has 0 aromatic carbocycles. The van der Waals surface area contributed by atoms with E-state index in [0.717, 1.165) is 6.71 Å². The van der Waals surface area contributed by atoms with Gasteiger partial charge in [-0.15, -0.1) is 0 Å². The van der Waals surface area contributed by atoms with Gasteiger partial charge in [-0.05, 0) is 0 Å². The Morgan fingerprint density at radius 3 is 2.13 bits per heavy atom. The van der Waals surface area contributed by atoms with E-state index >= 15 is 0 Å². The third kappa shape index (κ3) is 4.37. The van der Waals surface area contributed by atoms with Crippen molar-refractivity contribution in [3.63, 3.8) is 0 Å². The third-order valence-electron chi connectivity index (χ3n) is 2.77. The van der Waals surface area contributed by atoms with Crippen LogP contribution in [-0.2, 0) is 0 Å². The van der Waals surface area contributed by atoms with Crippen molar-refractivity contribution in [2.75, 3.05) is 0 Å². The minimum Gasteiger partial charge on any atom is -0.0801 e. The van der Waals surface area contributed by atoms with Crippen molar-refractivity contribution in [1.29, 1.82) is 0 Å². The fourth-order valence-corrected chi connectivity index (χ4v) is 2.03. The summed E-state index contributed by atoms with van der Waals surface area (Å²) in [4.78, 5) is 0. The van der Waals surface area contributed by atoms with Crippen LogP contribution in [0, 0.1) is 0 Å². The summed E-state index contributed by atoms with van der Waals surface area (Å²) >= 11 is 0. The summed E-state index contributed by atoms with van der Waals surface area (Å²) in [6, 6.07) is 0. The lowest BCUT2D eigenvalue weighted by Crippen LogP contribution is -2.14. The second-order valence-electron chi connectivity index (χ2n) is 4.07. The average molecular weight is 200 g/mol. The molecule has 0 radical (unpaired) electrons. The third-order valence-corrected chi connectivity index (χ3v) is 2.77. The zero-order valence-electron chi connectivity index (χ0n) is 9.95. The van der Waals surface area contributed by atoms with Crippen molar-refractivity contribution in [1.82, 2.24) is 0 Å². The summed E-state index contributed by atoms with van der Waals surface area (Å²) < 4.78 is 0. The van der Waals surface area contributed by atoms with Crippen LogP contribution in [0.2, 0.25) is 12.6 Å². The summed E-state index contributed by atoms with van der Waals surface area (Å²) in [6.07, 6.45) is 20.2. The molecular weight excluding hydrogens is 179 g/mol. The van der Waals surface area contributed by atoms with Crippen LogP contribution in [0.5, 0.6) is 0 Å². The van der Waals surface area contributed by atoms with Crippen LogP contribution in [0.4, 0.5) is 0 Å². The fourth-order valence-electron chi connectivity index (χ4n) is 2.03. The van der Waals surface area contributed by atoms with Gasteiger partial charge in [0.2, 0.25) is 0 Å². The van der Waals surface area contributed by atoms with Crippen molar-refractivity contribution in [2.24, 2.45) is 0 Å². The predicted molar refractivity (Wildman–Crippen MR) is 71.5 cm³/mol. The largest absolute Gasteiger partial charge is 0.175 e. The molecule has 0 spiro atoms. The van der Waals surface area contributed by atoms with Gasteiger partial charge in [-0.1, -0.05) is 87.3 Å². The van der Waals surface area contributed by atoms with Gasteiger partial charge < -0.3 is 0 Å². The second kappa shape index (κ2) is 7.33. The molecule has 80 valence electrons. The number of hydrogen-bond acceptors (Lipinski definition) is 0. The van der Waals surface area contributed by atoms with E-state index < -0.39 is 0 Å². The maximum Gasteiger partial charge on any atom is 0.175 e. The maximum absolute atomic E-state index is 2.27. The Balaban J connectivity index is 2.72. The van der Waals surface area contributed by atoms with E-state index in [4.69, 9.17) is 0 Å². The van der Waals surface area contributed by atoms with Crippen molar-refractivity contribution in [3.05, 3.63) is 48.0 Å². The molecule has 1 heteroatoms. The van der Waals surface area contributed by atoms with Crippen LogP contribution in [0.15, 0.2) is 48.0 Å². The first kappa shape index (κ1) is 12.1. The highest BCUT2D eigenvalue weighted by Gasteiger charge is 2.14. The average Bonchev–Trinajstić information content (AvgIpc) is 2.17. The van der Waals surface area contributed by atoms with Crippen LogP contribution >= 0.6 is 0 Å². The van der Waals surface area contributed by atoms with Crippen LogP contribution in [0.1, 0.15) is 26.7 Å². The van der Waals surface area contributed by atoms with Crippen LogP contribution in [-0.4, -0.2) is 6.71 Å². The van der Waals surface area contributed by atoms with E-state index in [-0.39, 0.29) is 0 Å². The standard InChI is InChI=1S/C14H21B/c1-3-12-15(13-4-2)14-10-8-6-5-7-9-11-14/h5-11H,3-4,12-13H2,1-2H3/b6-5-,7-5?,8-6?,9-7-,10-8-,11-9?,14-10?,14-11+. The van der Waals surface area contributed by atoms with Gasteiger partial charge in [-0.25, -0.2) is 0 Å². The summed E-state index contributed by atoms with van der Waals surface area (Å²) in [5.41, 5.74) is 1.49. The molecule has 0 atom stereocenters. The van der Waals surface area contributed by atoms with Crippen LogP contribution in [0.3, 0.4) is 0 Å². The molecule has 1 rings (SSSR count). The monoisotopic (exact) mass is 200 g/mol. The number of allylic oxidation sites excluding steroid dienone is 8. The fraction of sp³-hybridized carbons (Fsp3) is 0.429. The first-order valence-corrected chi connectivity index (χ1v) is 6.10. The summed E-state index contributed by atoms with van der Waals surface area (Å²) in [5, 5.41) is 0. The summed E-state index contributed by atoms with van der Waals surface area (Å²) in [5.74, 6) is 0. The summed E-state index contributed by atoms with van der Waals surface area (Å²) in [7, 11) is 0. The van der Waals surface area contributed by atoms with Gasteiger partial charge in [0.05, 0.1) is 0 Å². The minimum atomic E-state index is 0.743. The topological polar surface area (TPSA) is 0 Å². The highest BCUT2D eigenvalue weighted by molar-refractivity contribution is 6.67. The maximum atomic E-state index is 2.27. The molecule has 0 heterocycles. The van der Waals surface area contributed by atoms with E-state index in [2.05, 4.69) is 56.4 Å². The minimum absolute atomic E-state index is 0.743. The van der Waals surface area contributed by atoms with Gasteiger partial charge in [0.15, 0.2) is 6.71 Å². The second-order valence-corrected chi connectivity index (χ2v) is 4.07. The number of hydrogen-bond donors (Lipinski definition) is 0. The van der Waals surface area contributed by atoms with E-state index in [0.29, 0.717) is 0 Å². The van der Waals surface area contributed by atoms with Crippen molar-refractivity contribution < 1.29 is 0 Å². The van der Waals surface area contributed by atoms with Crippen molar-refractivity contribution >= 4 is 6.71 Å². The van der Waals surface area contributed by atoms with Gasteiger partial charge in [0, 0.05) is 0 Å². The zero-order valence-corrected chi connectivity index (χ0v) is 9.95. The molecule has 1 aliphatic rings. The van der Waals surface area contributed by atoms with Gasteiger partial charge in [-0.3, -0.25) is 0 Å². The highest BCUT2D eigenvalue weighted by atomic mass is 13.9. The molecule has 0 aliphatic heterocycles. The molecule has 0 unspecified atom stereocenters. The Bertz CT molecular complexity index is 276. The lowest BCUT2D eigenvalue weighted by atomic mass is 9.39. The molecule has 0 aromatic rings. The van der Waals surface area contributed by atoms with Gasteiger partial charge >= 0.3 is 0 Å². The van der Waals surface area contributed by atoms with Crippen LogP contribution < -0.4 is 0 Å². The van der Waals surface area contributed by atoms with Gasteiger partial charge in [0.25, 0.3) is 0 Å². The Morgan fingerprint density at radius 2 is 1.47 bits per heavy atom. The molecule has 0 aromatic heterocycles. The molecule has 15 heavy (non-hydrogen) atoms. The van der Waals surface area contributed by atoms with Gasteiger partial charge in [0.1, 0.15) is 0 Å². The van der Waals surface area contributed by atoms with E-state index in [9.17, 15) is 0 Å². The van der Waals surface area contributed by atoms with E-state index in [1.54, 1.807) is 0 Å².